The number of hydrogen-bond acceptors (Lipinski definition) is 5. The van der Waals surface area contributed by atoms with E-state index in [1.807, 2.05) is 36.5 Å². The highest BCUT2D eigenvalue weighted by atomic mass is 32.1. The molecule has 1 aromatic carbocycles. The summed E-state index contributed by atoms with van der Waals surface area (Å²) in [6.45, 7) is 0.289. The topological polar surface area (TPSA) is 69.0 Å². The number of likely N-dealkylation sites (tertiary alicyclic amines) is 1. The lowest BCUT2D eigenvalue weighted by Crippen LogP contribution is -2.50. The lowest BCUT2D eigenvalue weighted by molar-refractivity contribution is -0.130. The van der Waals surface area contributed by atoms with Crippen LogP contribution in [0.5, 0.6) is 0 Å². The third-order valence-corrected chi connectivity index (χ3v) is 4.74. The van der Waals surface area contributed by atoms with Crippen LogP contribution >= 0.6 is 11.3 Å². The van der Waals surface area contributed by atoms with Crippen molar-refractivity contribution in [2.75, 3.05) is 18.4 Å². The Bertz CT molecular complexity index is 742. The Kier molecular flexibility index (Phi) is 4.26. The highest BCUT2D eigenvalue weighted by molar-refractivity contribution is 7.19. The van der Waals surface area contributed by atoms with Crippen LogP contribution in [-0.4, -0.2) is 34.5 Å². The molecule has 1 N–H and O–H groups in total. The number of hydrogen-bond donors (Lipinski definition) is 1. The molecule has 1 aromatic heterocycles. The number of nitriles is 1. The van der Waals surface area contributed by atoms with E-state index in [4.69, 9.17) is 5.26 Å². The standard InChI is InChI=1S/C16H15FN4OS/c17-16(7-4-8-21(10-16)11-18)14(22)20-15-19-9-13(23-15)12-5-2-1-3-6-12/h1-3,5-6,9H,4,7-8,10H2,(H,19,20,22). The highest BCUT2D eigenvalue weighted by Crippen LogP contribution is 2.31. The second-order valence-corrected chi connectivity index (χ2v) is 6.47. The monoisotopic (exact) mass is 330 g/mol. The number of alkyl halides is 1. The summed E-state index contributed by atoms with van der Waals surface area (Å²) in [6.07, 6.45) is 4.16. The van der Waals surface area contributed by atoms with Crippen molar-refractivity contribution in [1.82, 2.24) is 9.88 Å². The summed E-state index contributed by atoms with van der Waals surface area (Å²) in [4.78, 5) is 18.6. The van der Waals surface area contributed by atoms with Crippen LogP contribution in [0.3, 0.4) is 0 Å². The average Bonchev–Trinajstić information content (AvgIpc) is 3.04. The first-order valence-corrected chi connectivity index (χ1v) is 8.09. The fraction of sp³-hybridized carbons (Fsp3) is 0.312. The van der Waals surface area contributed by atoms with E-state index in [-0.39, 0.29) is 13.0 Å². The Morgan fingerprint density at radius 3 is 2.96 bits per heavy atom. The van der Waals surface area contributed by atoms with Gasteiger partial charge in [0.15, 0.2) is 11.3 Å². The summed E-state index contributed by atoms with van der Waals surface area (Å²) >= 11 is 1.30. The number of nitrogens with zero attached hydrogens (tertiary/aromatic N) is 3. The molecule has 2 heterocycles. The Labute approximate surface area is 137 Å². The van der Waals surface area contributed by atoms with E-state index in [9.17, 15) is 9.18 Å². The van der Waals surface area contributed by atoms with E-state index in [1.165, 1.54) is 16.2 Å². The van der Waals surface area contributed by atoms with Gasteiger partial charge >= 0.3 is 0 Å². The molecule has 3 rings (SSSR count). The maximum absolute atomic E-state index is 14.8. The predicted molar refractivity (Wildman–Crippen MR) is 86.4 cm³/mol. The van der Waals surface area contributed by atoms with Gasteiger partial charge in [-0.15, -0.1) is 0 Å². The molecule has 1 aliphatic heterocycles. The third-order valence-electron chi connectivity index (χ3n) is 3.78. The fourth-order valence-corrected chi connectivity index (χ4v) is 3.38. The largest absolute Gasteiger partial charge is 0.307 e. The molecule has 0 bridgehead atoms. The van der Waals surface area contributed by atoms with E-state index < -0.39 is 11.6 Å². The number of rotatable bonds is 3. The van der Waals surface area contributed by atoms with Crippen molar-refractivity contribution < 1.29 is 9.18 Å². The van der Waals surface area contributed by atoms with E-state index in [0.717, 1.165) is 10.4 Å². The van der Waals surface area contributed by atoms with Gasteiger partial charge in [-0.05, 0) is 18.4 Å². The van der Waals surface area contributed by atoms with Crippen LogP contribution in [0, 0.1) is 11.5 Å². The maximum Gasteiger partial charge on any atom is 0.265 e. The van der Waals surface area contributed by atoms with Gasteiger partial charge in [0, 0.05) is 12.7 Å². The van der Waals surface area contributed by atoms with E-state index >= 15 is 0 Å². The maximum atomic E-state index is 14.8. The summed E-state index contributed by atoms with van der Waals surface area (Å²) < 4.78 is 14.8. The van der Waals surface area contributed by atoms with Gasteiger partial charge in [-0.3, -0.25) is 10.1 Å². The van der Waals surface area contributed by atoms with Crippen LogP contribution in [0.4, 0.5) is 9.52 Å². The summed E-state index contributed by atoms with van der Waals surface area (Å²) in [7, 11) is 0. The van der Waals surface area contributed by atoms with Crippen LogP contribution in [-0.2, 0) is 4.79 Å². The molecule has 1 unspecified atom stereocenters. The first kappa shape index (κ1) is 15.4. The van der Waals surface area contributed by atoms with Gasteiger partial charge in [0.1, 0.15) is 0 Å². The first-order chi connectivity index (χ1) is 11.1. The van der Waals surface area contributed by atoms with Gasteiger partial charge in [0.25, 0.3) is 5.91 Å². The zero-order valence-corrected chi connectivity index (χ0v) is 13.1. The minimum atomic E-state index is -2.05. The molecule has 1 saturated heterocycles. The Balaban J connectivity index is 1.71. The molecule has 7 heteroatoms. The van der Waals surface area contributed by atoms with Gasteiger partial charge in [0.2, 0.25) is 5.67 Å². The number of piperidine rings is 1. The van der Waals surface area contributed by atoms with Crippen LogP contribution < -0.4 is 5.32 Å². The number of amides is 1. The molecule has 1 fully saturated rings. The number of nitrogens with one attached hydrogen (secondary N) is 1. The molecule has 0 spiro atoms. The number of carbonyl (C=O) groups excluding carboxylic acids is 1. The van der Waals surface area contributed by atoms with Crippen molar-refractivity contribution in [3.05, 3.63) is 36.5 Å². The Morgan fingerprint density at radius 1 is 1.43 bits per heavy atom. The van der Waals surface area contributed by atoms with Gasteiger partial charge < -0.3 is 4.90 Å². The van der Waals surface area contributed by atoms with Gasteiger partial charge in [-0.1, -0.05) is 41.7 Å². The van der Waals surface area contributed by atoms with E-state index in [2.05, 4.69) is 10.3 Å². The summed E-state index contributed by atoms with van der Waals surface area (Å²) in [5.41, 5.74) is -1.05. The Morgan fingerprint density at radius 2 is 2.22 bits per heavy atom. The van der Waals surface area contributed by atoms with Crippen LogP contribution in [0.15, 0.2) is 36.5 Å². The number of benzene rings is 1. The molecule has 0 aliphatic carbocycles. The second-order valence-electron chi connectivity index (χ2n) is 5.44. The lowest BCUT2D eigenvalue weighted by atomic mass is 9.94. The van der Waals surface area contributed by atoms with Gasteiger partial charge in [-0.25, -0.2) is 9.37 Å². The lowest BCUT2D eigenvalue weighted by Gasteiger charge is -2.32. The molecule has 5 nitrogen and oxygen atoms in total. The van der Waals surface area contributed by atoms with Crippen molar-refractivity contribution >= 4 is 22.4 Å². The molecule has 0 saturated carbocycles. The van der Waals surface area contributed by atoms with Crippen LogP contribution in [0.1, 0.15) is 12.8 Å². The van der Waals surface area contributed by atoms with Crippen molar-refractivity contribution in [1.29, 1.82) is 5.26 Å². The van der Waals surface area contributed by atoms with Crippen LogP contribution in [0.2, 0.25) is 0 Å². The minimum absolute atomic E-state index is 0.119. The normalized spacial score (nSPS) is 20.8. The third kappa shape index (κ3) is 3.32. The van der Waals surface area contributed by atoms with Crippen LogP contribution in [0.25, 0.3) is 10.4 Å². The average molecular weight is 330 g/mol. The summed E-state index contributed by atoms with van der Waals surface area (Å²) in [6, 6.07) is 9.65. The number of aromatic nitrogens is 1. The zero-order valence-electron chi connectivity index (χ0n) is 12.3. The van der Waals surface area contributed by atoms with Crippen molar-refractivity contribution in [2.45, 2.75) is 18.5 Å². The number of thiazole rings is 1. The number of anilines is 1. The molecule has 23 heavy (non-hydrogen) atoms. The second kappa shape index (κ2) is 6.34. The van der Waals surface area contributed by atoms with Crippen molar-refractivity contribution in [3.8, 4) is 16.6 Å². The Hall–Kier alpha value is -2.46. The molecule has 1 amide bonds. The van der Waals surface area contributed by atoms with Crippen molar-refractivity contribution in [2.24, 2.45) is 0 Å². The SMILES string of the molecule is N#CN1CCCC(F)(C(=O)Nc2ncc(-c3ccccc3)s2)C1. The summed E-state index contributed by atoms with van der Waals surface area (Å²) in [5.74, 6) is -0.730. The van der Waals surface area contributed by atoms with Gasteiger partial charge in [0.05, 0.1) is 11.4 Å². The fourth-order valence-electron chi connectivity index (χ4n) is 2.56. The van der Waals surface area contributed by atoms with Crippen molar-refractivity contribution in [3.63, 3.8) is 0 Å². The predicted octanol–water partition coefficient (Wildman–Crippen LogP) is 3.03. The molecular weight excluding hydrogens is 315 g/mol. The minimum Gasteiger partial charge on any atom is -0.307 e. The molecule has 1 aliphatic rings. The van der Waals surface area contributed by atoms with E-state index in [1.54, 1.807) is 6.20 Å². The number of halogens is 1. The quantitative estimate of drug-likeness (QED) is 0.878. The molecule has 118 valence electrons. The smallest absolute Gasteiger partial charge is 0.265 e. The van der Waals surface area contributed by atoms with E-state index in [0.29, 0.717) is 18.1 Å². The van der Waals surface area contributed by atoms with Gasteiger partial charge in [-0.2, -0.15) is 5.26 Å². The highest BCUT2D eigenvalue weighted by Gasteiger charge is 2.43. The molecule has 1 atom stereocenters. The molecular formula is C16H15FN4OS. The summed E-state index contributed by atoms with van der Waals surface area (Å²) in [5, 5.41) is 11.8. The molecule has 2 aromatic rings. The number of carbonyl (C=O) groups is 1. The zero-order chi connectivity index (χ0) is 16.3. The first-order valence-electron chi connectivity index (χ1n) is 7.27. The molecule has 0 radical (unpaired) electrons.